The van der Waals surface area contributed by atoms with Crippen LogP contribution < -0.4 is 17.0 Å². The van der Waals surface area contributed by atoms with Crippen LogP contribution in [0.15, 0.2) is 39.1 Å². The molecule has 0 spiro atoms. The van der Waals surface area contributed by atoms with Crippen LogP contribution in [0.5, 0.6) is 0 Å². The number of H-pyrrole nitrogens is 1. The van der Waals surface area contributed by atoms with Gasteiger partial charge in [0.1, 0.15) is 0 Å². The number of carbonyl (C=O) groups excluding carboxylic acids is 1. The molecule has 0 radical (unpaired) electrons. The third-order valence-electron chi connectivity index (χ3n) is 2.35. The second-order valence-corrected chi connectivity index (χ2v) is 4.94. The van der Waals surface area contributed by atoms with Crippen molar-refractivity contribution >= 4 is 23.4 Å². The minimum atomic E-state index is -0.535. The maximum absolute atomic E-state index is 11.3. The topological polar surface area (TPSA) is 115 Å². The number of aromatic amines is 1. The van der Waals surface area contributed by atoms with Gasteiger partial charge in [-0.05, 0) is 36.9 Å². The summed E-state index contributed by atoms with van der Waals surface area (Å²) < 4.78 is 0. The summed E-state index contributed by atoms with van der Waals surface area (Å²) in [6, 6.07) is 6.11. The first-order chi connectivity index (χ1) is 8.95. The van der Waals surface area contributed by atoms with E-state index in [0.717, 1.165) is 0 Å². The Labute approximate surface area is 113 Å². The van der Waals surface area contributed by atoms with E-state index in [2.05, 4.69) is 9.97 Å². The largest absolute Gasteiger partial charge is 0.398 e. The Morgan fingerprint density at radius 3 is 2.74 bits per heavy atom. The summed E-state index contributed by atoms with van der Waals surface area (Å²) in [6.07, 6.45) is 0. The monoisotopic (exact) mass is 276 g/mol. The maximum atomic E-state index is 11.3. The Morgan fingerprint density at radius 2 is 2.11 bits per heavy atom. The van der Waals surface area contributed by atoms with Crippen LogP contribution in [0, 0.1) is 6.92 Å². The average molecular weight is 276 g/mol. The molecular formula is C12H12N4O2S. The highest BCUT2D eigenvalue weighted by molar-refractivity contribution is 7.99. The van der Waals surface area contributed by atoms with E-state index in [1.807, 2.05) is 0 Å². The zero-order valence-electron chi connectivity index (χ0n) is 10.1. The number of carbonyl (C=O) groups is 1. The van der Waals surface area contributed by atoms with Crippen LogP contribution in [0.3, 0.4) is 0 Å². The first-order valence-corrected chi connectivity index (χ1v) is 6.22. The van der Waals surface area contributed by atoms with Crippen LogP contribution in [0.1, 0.15) is 16.1 Å². The summed E-state index contributed by atoms with van der Waals surface area (Å²) in [5.41, 5.74) is 12.2. The molecule has 2 rings (SSSR count). The Bertz CT molecular complexity index is 696. The van der Waals surface area contributed by atoms with Gasteiger partial charge in [-0.2, -0.15) is 0 Å². The molecule has 98 valence electrons. The lowest BCUT2D eigenvalue weighted by Gasteiger charge is -2.06. The molecule has 1 amide bonds. The number of hydrogen-bond donors (Lipinski definition) is 3. The Morgan fingerprint density at radius 1 is 1.37 bits per heavy atom. The van der Waals surface area contributed by atoms with E-state index in [-0.39, 0.29) is 5.56 Å². The zero-order valence-corrected chi connectivity index (χ0v) is 11.0. The molecule has 0 fully saturated rings. The van der Waals surface area contributed by atoms with Gasteiger partial charge in [-0.15, -0.1) is 0 Å². The average Bonchev–Trinajstić information content (AvgIpc) is 2.30. The van der Waals surface area contributed by atoms with Crippen molar-refractivity contribution in [3.63, 3.8) is 0 Å². The number of aryl methyl sites for hydroxylation is 1. The van der Waals surface area contributed by atoms with Crippen LogP contribution in [-0.2, 0) is 0 Å². The summed E-state index contributed by atoms with van der Waals surface area (Å²) >= 11 is 1.17. The quantitative estimate of drug-likeness (QED) is 0.569. The number of nitrogens with zero attached hydrogens (tertiary/aromatic N) is 1. The van der Waals surface area contributed by atoms with Crippen molar-refractivity contribution in [3.8, 4) is 0 Å². The van der Waals surface area contributed by atoms with Crippen LogP contribution in [-0.4, -0.2) is 15.9 Å². The van der Waals surface area contributed by atoms with Gasteiger partial charge in [0.15, 0.2) is 5.16 Å². The Kier molecular flexibility index (Phi) is 3.57. The standard InChI is InChI=1S/C12H12N4O2S/c1-6-4-10(17)16-12(15-6)19-9-5-7(11(14)18)2-3-8(9)13/h2-5H,13H2,1H3,(H2,14,18)(H,15,16,17). The fourth-order valence-electron chi connectivity index (χ4n) is 1.48. The first kappa shape index (κ1) is 13.2. The van der Waals surface area contributed by atoms with Gasteiger partial charge in [-0.3, -0.25) is 9.59 Å². The van der Waals surface area contributed by atoms with Crippen molar-refractivity contribution in [2.45, 2.75) is 17.0 Å². The number of nitrogens with one attached hydrogen (secondary N) is 1. The second-order valence-electron chi connectivity index (χ2n) is 3.91. The van der Waals surface area contributed by atoms with Crippen molar-refractivity contribution in [3.05, 3.63) is 45.9 Å². The highest BCUT2D eigenvalue weighted by Gasteiger charge is 2.08. The molecule has 1 aromatic heterocycles. The number of hydrogen-bond acceptors (Lipinski definition) is 5. The summed E-state index contributed by atoms with van der Waals surface area (Å²) in [5, 5.41) is 0.415. The van der Waals surface area contributed by atoms with E-state index in [4.69, 9.17) is 11.5 Å². The summed E-state index contributed by atoms with van der Waals surface area (Å²) in [7, 11) is 0. The van der Waals surface area contributed by atoms with Crippen LogP contribution in [0.25, 0.3) is 0 Å². The number of anilines is 1. The van der Waals surface area contributed by atoms with Crippen molar-refractivity contribution < 1.29 is 4.79 Å². The van der Waals surface area contributed by atoms with Gasteiger partial charge >= 0.3 is 0 Å². The number of amides is 1. The van der Waals surface area contributed by atoms with Crippen molar-refractivity contribution in [1.82, 2.24) is 9.97 Å². The number of benzene rings is 1. The molecule has 0 aliphatic rings. The van der Waals surface area contributed by atoms with Crippen molar-refractivity contribution in [2.75, 3.05) is 5.73 Å². The fourth-order valence-corrected chi connectivity index (χ4v) is 2.40. The van der Waals surface area contributed by atoms with Crippen molar-refractivity contribution in [1.29, 1.82) is 0 Å². The molecule has 0 saturated heterocycles. The lowest BCUT2D eigenvalue weighted by atomic mass is 10.2. The molecule has 0 unspecified atom stereocenters. The van der Waals surface area contributed by atoms with Gasteiger partial charge in [0.05, 0.1) is 0 Å². The summed E-state index contributed by atoms with van der Waals surface area (Å²) in [4.78, 5) is 29.9. The van der Waals surface area contributed by atoms with Gasteiger partial charge in [0.2, 0.25) is 5.91 Å². The minimum Gasteiger partial charge on any atom is -0.398 e. The first-order valence-electron chi connectivity index (χ1n) is 5.41. The van der Waals surface area contributed by atoms with E-state index in [0.29, 0.717) is 27.0 Å². The molecular weight excluding hydrogens is 264 g/mol. The number of nitrogens with two attached hydrogens (primary N) is 2. The van der Waals surface area contributed by atoms with Crippen LogP contribution >= 0.6 is 11.8 Å². The number of nitrogen functional groups attached to an aromatic ring is 1. The van der Waals surface area contributed by atoms with Gasteiger partial charge in [0.25, 0.3) is 5.56 Å². The van der Waals surface area contributed by atoms with Gasteiger partial charge < -0.3 is 16.5 Å². The fraction of sp³-hybridized carbons (Fsp3) is 0.0833. The number of rotatable bonds is 3. The van der Waals surface area contributed by atoms with Crippen LogP contribution in [0.4, 0.5) is 5.69 Å². The molecule has 6 nitrogen and oxygen atoms in total. The molecule has 0 saturated carbocycles. The smallest absolute Gasteiger partial charge is 0.251 e. The summed E-state index contributed by atoms with van der Waals surface area (Å²) in [5.74, 6) is -0.535. The zero-order chi connectivity index (χ0) is 14.0. The molecule has 1 heterocycles. The number of primary amides is 1. The molecule has 0 bridgehead atoms. The van der Waals surface area contributed by atoms with E-state index in [1.54, 1.807) is 25.1 Å². The van der Waals surface area contributed by atoms with Gasteiger partial charge in [0, 0.05) is 27.9 Å². The van der Waals surface area contributed by atoms with Crippen molar-refractivity contribution in [2.24, 2.45) is 5.73 Å². The molecule has 7 heteroatoms. The van der Waals surface area contributed by atoms with E-state index >= 15 is 0 Å². The number of aromatic nitrogens is 2. The predicted octanol–water partition coefficient (Wildman–Crippen LogP) is 0.911. The van der Waals surface area contributed by atoms with E-state index < -0.39 is 5.91 Å². The highest BCUT2D eigenvalue weighted by Crippen LogP contribution is 2.30. The van der Waals surface area contributed by atoms with E-state index in [1.165, 1.54) is 17.8 Å². The highest BCUT2D eigenvalue weighted by atomic mass is 32.2. The predicted molar refractivity (Wildman–Crippen MR) is 73.1 cm³/mol. The minimum absolute atomic E-state index is 0.236. The molecule has 5 N–H and O–H groups in total. The second kappa shape index (κ2) is 5.15. The molecule has 2 aromatic rings. The SMILES string of the molecule is Cc1cc(=O)[nH]c(Sc2cc(C(N)=O)ccc2N)n1. The lowest BCUT2D eigenvalue weighted by Crippen LogP contribution is -2.11. The van der Waals surface area contributed by atoms with E-state index in [9.17, 15) is 9.59 Å². The van der Waals surface area contributed by atoms with Crippen LogP contribution in [0.2, 0.25) is 0 Å². The Hall–Kier alpha value is -2.28. The maximum Gasteiger partial charge on any atom is 0.251 e. The van der Waals surface area contributed by atoms with Gasteiger partial charge in [-0.25, -0.2) is 4.98 Å². The molecule has 19 heavy (non-hydrogen) atoms. The lowest BCUT2D eigenvalue weighted by molar-refractivity contribution is 0.1000. The molecule has 1 aromatic carbocycles. The van der Waals surface area contributed by atoms with Gasteiger partial charge in [-0.1, -0.05) is 0 Å². The Balaban J connectivity index is 2.39. The third-order valence-corrected chi connectivity index (χ3v) is 3.31. The molecule has 0 aliphatic heterocycles. The molecule has 0 aliphatic carbocycles. The summed E-state index contributed by atoms with van der Waals surface area (Å²) in [6.45, 7) is 1.72. The normalized spacial score (nSPS) is 10.4. The molecule has 0 atom stereocenters. The third kappa shape index (κ3) is 3.14.